The van der Waals surface area contributed by atoms with Crippen molar-refractivity contribution in [2.45, 2.75) is 11.7 Å². The molecule has 1 N–H and O–H groups in total. The highest BCUT2D eigenvalue weighted by molar-refractivity contribution is 7.87. The highest BCUT2D eigenvalue weighted by Crippen LogP contribution is 2.15. The zero-order chi connectivity index (χ0) is 8.65. The first-order valence-electron chi connectivity index (χ1n) is 3.14. The Labute approximate surface area is 64.7 Å². The van der Waals surface area contributed by atoms with E-state index in [9.17, 15) is 13.2 Å². The number of likely N-dealkylation sites (tertiary alicyclic amines) is 1. The van der Waals surface area contributed by atoms with Gasteiger partial charge in [-0.1, -0.05) is 0 Å². The number of carbonyl (C=O) groups is 1. The van der Waals surface area contributed by atoms with Gasteiger partial charge in [-0.2, -0.15) is 8.42 Å². The monoisotopic (exact) mass is 179 g/mol. The molecule has 1 aliphatic rings. The van der Waals surface area contributed by atoms with Crippen LogP contribution in [0.15, 0.2) is 0 Å². The summed E-state index contributed by atoms with van der Waals surface area (Å²) in [6.07, 6.45) is 0.189. The van der Waals surface area contributed by atoms with Gasteiger partial charge in [0.05, 0.1) is 0 Å². The molecule has 1 heterocycles. The lowest BCUT2D eigenvalue weighted by molar-refractivity contribution is -0.126. The number of hydrogen-bond acceptors (Lipinski definition) is 3. The summed E-state index contributed by atoms with van der Waals surface area (Å²) in [5, 5.41) is -1.23. The van der Waals surface area contributed by atoms with Crippen LogP contribution in [0.1, 0.15) is 6.42 Å². The van der Waals surface area contributed by atoms with Crippen LogP contribution in [0.3, 0.4) is 0 Å². The quantitative estimate of drug-likeness (QED) is 0.529. The van der Waals surface area contributed by atoms with Crippen molar-refractivity contribution >= 4 is 16.0 Å². The highest BCUT2D eigenvalue weighted by atomic mass is 32.2. The minimum atomic E-state index is -4.18. The van der Waals surface area contributed by atoms with E-state index in [0.717, 1.165) is 0 Å². The second-order valence-corrected chi connectivity index (χ2v) is 4.15. The van der Waals surface area contributed by atoms with Crippen LogP contribution in [0.4, 0.5) is 0 Å². The first-order valence-corrected chi connectivity index (χ1v) is 4.64. The van der Waals surface area contributed by atoms with Gasteiger partial charge in [0.2, 0.25) is 5.91 Å². The maximum absolute atomic E-state index is 10.9. The second-order valence-electron chi connectivity index (χ2n) is 2.55. The van der Waals surface area contributed by atoms with Gasteiger partial charge in [-0.25, -0.2) is 0 Å². The van der Waals surface area contributed by atoms with E-state index in [0.29, 0.717) is 6.54 Å². The molecule has 1 fully saturated rings. The largest absolute Gasteiger partial charge is 0.344 e. The Morgan fingerprint density at radius 1 is 1.64 bits per heavy atom. The predicted molar refractivity (Wildman–Crippen MR) is 37.6 cm³/mol. The summed E-state index contributed by atoms with van der Waals surface area (Å²) < 4.78 is 29.5. The maximum atomic E-state index is 10.9. The summed E-state index contributed by atoms with van der Waals surface area (Å²) in [6.45, 7) is 0.392. The summed E-state index contributed by atoms with van der Waals surface area (Å²) in [6, 6.07) is 0. The van der Waals surface area contributed by atoms with E-state index in [-0.39, 0.29) is 6.42 Å². The summed E-state index contributed by atoms with van der Waals surface area (Å²) in [5.41, 5.74) is 0. The molecule has 0 aliphatic carbocycles. The lowest BCUT2D eigenvalue weighted by atomic mass is 10.4. The molecule has 1 amide bonds. The van der Waals surface area contributed by atoms with Crippen molar-refractivity contribution in [3.8, 4) is 0 Å². The lowest BCUT2D eigenvalue weighted by Crippen LogP contribution is -2.31. The van der Waals surface area contributed by atoms with Crippen LogP contribution in [0.2, 0.25) is 0 Å². The normalized spacial score (nSPS) is 26.2. The van der Waals surface area contributed by atoms with Crippen molar-refractivity contribution < 1.29 is 17.8 Å². The Morgan fingerprint density at radius 2 is 2.18 bits per heavy atom. The van der Waals surface area contributed by atoms with Crippen LogP contribution in [0.25, 0.3) is 0 Å². The van der Waals surface area contributed by atoms with E-state index in [1.165, 1.54) is 11.9 Å². The molecule has 1 unspecified atom stereocenters. The first kappa shape index (κ1) is 8.48. The molecule has 1 rings (SSSR count). The van der Waals surface area contributed by atoms with E-state index < -0.39 is 21.3 Å². The molecule has 5 nitrogen and oxygen atoms in total. The van der Waals surface area contributed by atoms with Crippen LogP contribution in [-0.4, -0.2) is 42.6 Å². The Bertz CT molecular complexity index is 270. The van der Waals surface area contributed by atoms with Gasteiger partial charge in [0.25, 0.3) is 10.1 Å². The smallest absolute Gasteiger partial charge is 0.277 e. The zero-order valence-corrected chi connectivity index (χ0v) is 6.84. The number of amides is 1. The molecule has 64 valence electrons. The van der Waals surface area contributed by atoms with Gasteiger partial charge in [-0.05, 0) is 6.42 Å². The van der Waals surface area contributed by atoms with Gasteiger partial charge in [-0.15, -0.1) is 0 Å². The molecule has 11 heavy (non-hydrogen) atoms. The Morgan fingerprint density at radius 3 is 2.36 bits per heavy atom. The van der Waals surface area contributed by atoms with Crippen molar-refractivity contribution in [1.29, 1.82) is 0 Å². The molecule has 1 aliphatic heterocycles. The van der Waals surface area contributed by atoms with E-state index >= 15 is 0 Å². The van der Waals surface area contributed by atoms with E-state index in [2.05, 4.69) is 0 Å². The molecule has 0 radical (unpaired) electrons. The first-order chi connectivity index (χ1) is 4.93. The van der Waals surface area contributed by atoms with Crippen LogP contribution >= 0.6 is 0 Å². The van der Waals surface area contributed by atoms with Gasteiger partial charge in [0.15, 0.2) is 5.25 Å². The molecular formula is C5H9NO4S. The van der Waals surface area contributed by atoms with Crippen LogP contribution in [-0.2, 0) is 14.9 Å². The molecule has 0 aromatic carbocycles. The fourth-order valence-electron chi connectivity index (χ4n) is 1.07. The summed E-state index contributed by atoms with van der Waals surface area (Å²) >= 11 is 0. The molecule has 0 spiro atoms. The average Bonchev–Trinajstić information content (AvgIpc) is 2.11. The number of carbonyl (C=O) groups excluding carboxylic acids is 1. The fraction of sp³-hybridized carbons (Fsp3) is 0.800. The van der Waals surface area contributed by atoms with Crippen molar-refractivity contribution in [2.24, 2.45) is 0 Å². The summed E-state index contributed by atoms with van der Waals surface area (Å²) in [7, 11) is -2.67. The number of nitrogens with zero attached hydrogens (tertiary/aromatic N) is 1. The second kappa shape index (κ2) is 2.46. The third-order valence-corrected chi connectivity index (χ3v) is 2.89. The zero-order valence-electron chi connectivity index (χ0n) is 6.02. The predicted octanol–water partition coefficient (Wildman–Crippen LogP) is -0.895. The molecule has 0 bridgehead atoms. The maximum Gasteiger partial charge on any atom is 0.277 e. The Hall–Kier alpha value is -0.620. The third-order valence-electron chi connectivity index (χ3n) is 1.74. The average molecular weight is 179 g/mol. The van der Waals surface area contributed by atoms with Crippen LogP contribution in [0, 0.1) is 0 Å². The van der Waals surface area contributed by atoms with E-state index in [1.807, 2.05) is 0 Å². The third kappa shape index (κ3) is 1.51. The highest BCUT2D eigenvalue weighted by Gasteiger charge is 2.38. The Kier molecular flexibility index (Phi) is 1.89. The topological polar surface area (TPSA) is 74.7 Å². The van der Waals surface area contributed by atoms with E-state index in [4.69, 9.17) is 4.55 Å². The standard InChI is InChI=1S/C5H9NO4S/c1-6-3-2-4(5(6)7)11(8,9)10/h4H,2-3H2,1H3,(H,8,9,10). The van der Waals surface area contributed by atoms with Crippen LogP contribution in [0.5, 0.6) is 0 Å². The molecule has 1 saturated heterocycles. The van der Waals surface area contributed by atoms with Crippen molar-refractivity contribution in [1.82, 2.24) is 4.90 Å². The van der Waals surface area contributed by atoms with Crippen LogP contribution < -0.4 is 0 Å². The van der Waals surface area contributed by atoms with Gasteiger partial charge in [0.1, 0.15) is 0 Å². The lowest BCUT2D eigenvalue weighted by Gasteiger charge is -2.06. The summed E-state index contributed by atoms with van der Waals surface area (Å²) in [5.74, 6) is -0.521. The summed E-state index contributed by atoms with van der Waals surface area (Å²) in [4.78, 5) is 12.2. The van der Waals surface area contributed by atoms with Gasteiger partial charge < -0.3 is 4.90 Å². The SMILES string of the molecule is CN1CCC(S(=O)(=O)O)C1=O. The number of rotatable bonds is 1. The van der Waals surface area contributed by atoms with Crippen molar-refractivity contribution in [3.63, 3.8) is 0 Å². The molecule has 0 aromatic heterocycles. The minimum Gasteiger partial charge on any atom is -0.344 e. The minimum absolute atomic E-state index is 0.189. The van der Waals surface area contributed by atoms with Crippen molar-refractivity contribution in [3.05, 3.63) is 0 Å². The van der Waals surface area contributed by atoms with Crippen molar-refractivity contribution in [2.75, 3.05) is 13.6 Å². The number of hydrogen-bond donors (Lipinski definition) is 1. The van der Waals surface area contributed by atoms with Gasteiger partial charge >= 0.3 is 0 Å². The molecular weight excluding hydrogens is 170 g/mol. The molecule has 6 heteroatoms. The molecule has 0 aromatic rings. The van der Waals surface area contributed by atoms with Gasteiger partial charge in [0, 0.05) is 13.6 Å². The fourth-order valence-corrected chi connectivity index (χ4v) is 1.90. The van der Waals surface area contributed by atoms with Gasteiger partial charge in [-0.3, -0.25) is 9.35 Å². The van der Waals surface area contributed by atoms with E-state index in [1.54, 1.807) is 0 Å². The molecule has 0 saturated carbocycles. The molecule has 1 atom stereocenters. The Balaban J connectivity index is 2.87.